The number of hydrogen-bond acceptors (Lipinski definition) is 14. The summed E-state index contributed by atoms with van der Waals surface area (Å²) in [6, 6.07) is 0. The molecule has 1 aliphatic rings. The Morgan fingerprint density at radius 3 is 1.71 bits per heavy atom. The van der Waals surface area contributed by atoms with Crippen LogP contribution in [0.5, 0.6) is 0 Å². The lowest BCUT2D eigenvalue weighted by atomic mass is 9.85. The third-order valence-corrected chi connectivity index (χ3v) is 12.2. The Balaban J connectivity index is 2.67. The maximum atomic E-state index is 13.0. The van der Waals surface area contributed by atoms with Crippen LogP contribution in [0, 0.1) is 0 Å². The molecule has 0 aromatic heterocycles. The third-order valence-electron chi connectivity index (χ3n) is 10.7. The van der Waals surface area contributed by atoms with E-state index >= 15 is 0 Å². The number of unbranched alkanes of at least 4 members (excludes halogenated alkanes) is 14. The molecule has 1 aliphatic carbocycles. The van der Waals surface area contributed by atoms with Crippen LogP contribution in [0.2, 0.25) is 0 Å². The van der Waals surface area contributed by atoms with E-state index in [1.165, 1.54) is 51.4 Å². The van der Waals surface area contributed by atoms with Gasteiger partial charge in [0.1, 0.15) is 43.2 Å². The molecule has 0 heterocycles. The van der Waals surface area contributed by atoms with E-state index in [0.717, 1.165) is 64.2 Å². The van der Waals surface area contributed by atoms with Crippen molar-refractivity contribution in [2.75, 3.05) is 13.2 Å². The predicted molar refractivity (Wildman–Crippen MR) is 252 cm³/mol. The number of aliphatic hydroxyl groups is 5. The van der Waals surface area contributed by atoms with Crippen molar-refractivity contribution in [3.05, 3.63) is 60.8 Å². The summed E-state index contributed by atoms with van der Waals surface area (Å²) >= 11 is 0. The highest BCUT2D eigenvalue weighted by molar-refractivity contribution is 7.47. The van der Waals surface area contributed by atoms with E-state index in [-0.39, 0.29) is 25.7 Å². The molecule has 17 nitrogen and oxygen atoms in total. The minimum atomic E-state index is -5.38. The van der Waals surface area contributed by atoms with Crippen molar-refractivity contribution in [1.29, 1.82) is 0 Å². The average Bonchev–Trinajstić information content (AvgIpc) is 3.26. The van der Waals surface area contributed by atoms with E-state index < -0.39 is 89.6 Å². The largest absolute Gasteiger partial charge is 0.472 e. The fourth-order valence-electron chi connectivity index (χ4n) is 6.95. The molecule has 1 saturated carbocycles. The van der Waals surface area contributed by atoms with E-state index in [4.69, 9.17) is 18.5 Å². The lowest BCUT2D eigenvalue weighted by Crippen LogP contribution is -2.64. The average molecular weight is 981 g/mol. The first-order valence-electron chi connectivity index (χ1n) is 23.9. The Morgan fingerprint density at radius 2 is 1.11 bits per heavy atom. The molecule has 1 fully saturated rings. The second kappa shape index (κ2) is 37.5. The Morgan fingerprint density at radius 1 is 0.576 bits per heavy atom. The lowest BCUT2D eigenvalue weighted by molar-refractivity contribution is -0.216. The number of esters is 2. The van der Waals surface area contributed by atoms with Gasteiger partial charge in [-0.15, -0.1) is 0 Å². The maximum Gasteiger partial charge on any atom is 0.472 e. The molecule has 0 aliphatic heterocycles. The van der Waals surface area contributed by atoms with E-state index in [1.54, 1.807) is 12.2 Å². The SMILES string of the molecule is CC/C=C\CCCCCCCCCCCCCC(=O)O[C@H](COC(=O)CCC[C@H](O)/C=C/C=C\C/C=C\C/C=C\CCCCC)COP(=O)(O)O[C@H]1C(O)C(O)C(O)[C@@H](OP(=O)(O)O)C1O. The highest BCUT2D eigenvalue weighted by atomic mass is 31.2. The monoisotopic (exact) mass is 981 g/mol. The van der Waals surface area contributed by atoms with Gasteiger partial charge in [-0.3, -0.25) is 23.2 Å². The summed E-state index contributed by atoms with van der Waals surface area (Å²) in [7, 11) is -10.7. The van der Waals surface area contributed by atoms with Crippen molar-refractivity contribution in [2.24, 2.45) is 0 Å². The van der Waals surface area contributed by atoms with Crippen LogP contribution in [0.15, 0.2) is 60.8 Å². The summed E-state index contributed by atoms with van der Waals surface area (Å²) in [6.45, 7) is 2.83. The number of hydrogen-bond donors (Lipinski definition) is 8. The lowest BCUT2D eigenvalue weighted by Gasteiger charge is -2.43. The summed E-state index contributed by atoms with van der Waals surface area (Å²) in [5.74, 6) is -1.41. The zero-order valence-corrected chi connectivity index (χ0v) is 41.0. The Labute approximate surface area is 392 Å². The minimum absolute atomic E-state index is 0.000949. The second-order valence-electron chi connectivity index (χ2n) is 16.6. The number of carbonyl (C=O) groups is 2. The Hall–Kier alpha value is -2.34. The van der Waals surface area contributed by atoms with Gasteiger partial charge in [0.2, 0.25) is 0 Å². The molecule has 0 bridgehead atoms. The van der Waals surface area contributed by atoms with Crippen LogP contribution < -0.4 is 0 Å². The molecule has 9 atom stereocenters. The van der Waals surface area contributed by atoms with Crippen LogP contribution in [0.1, 0.15) is 162 Å². The van der Waals surface area contributed by atoms with Crippen LogP contribution in [0.25, 0.3) is 0 Å². The van der Waals surface area contributed by atoms with Gasteiger partial charge in [-0.05, 0) is 64.2 Å². The number of carbonyl (C=O) groups excluding carboxylic acids is 2. The predicted octanol–water partition coefficient (Wildman–Crippen LogP) is 8.03. The van der Waals surface area contributed by atoms with Crippen molar-refractivity contribution in [1.82, 2.24) is 0 Å². The fourth-order valence-corrected chi connectivity index (χ4v) is 8.49. The summed E-state index contributed by atoms with van der Waals surface area (Å²) in [5, 5.41) is 51.5. The van der Waals surface area contributed by atoms with Crippen molar-refractivity contribution in [3.63, 3.8) is 0 Å². The highest BCUT2D eigenvalue weighted by Gasteiger charge is 2.54. The first kappa shape index (κ1) is 61.7. The quantitative estimate of drug-likeness (QED) is 0.00951. The molecule has 8 N–H and O–H groups in total. The minimum Gasteiger partial charge on any atom is -0.462 e. The number of rotatable bonds is 39. The van der Waals surface area contributed by atoms with Crippen molar-refractivity contribution < 1.29 is 82.0 Å². The van der Waals surface area contributed by atoms with Gasteiger partial charge >= 0.3 is 27.6 Å². The van der Waals surface area contributed by atoms with Crippen LogP contribution >= 0.6 is 15.6 Å². The molecule has 5 unspecified atom stereocenters. The van der Waals surface area contributed by atoms with Crippen molar-refractivity contribution in [2.45, 2.75) is 210 Å². The molecule has 0 aromatic carbocycles. The molecule has 0 aromatic rings. The van der Waals surface area contributed by atoms with E-state index in [9.17, 15) is 58.9 Å². The van der Waals surface area contributed by atoms with Gasteiger partial charge in [-0.2, -0.15) is 0 Å². The first-order valence-corrected chi connectivity index (χ1v) is 27.0. The van der Waals surface area contributed by atoms with E-state index in [2.05, 4.69) is 54.8 Å². The van der Waals surface area contributed by atoms with Crippen LogP contribution in [-0.2, 0) is 41.8 Å². The number of aliphatic hydroxyl groups excluding tert-OH is 5. The fraction of sp³-hybridized carbons (Fsp3) is 0.745. The summed E-state index contributed by atoms with van der Waals surface area (Å²) < 4.78 is 49.2. The molecule has 382 valence electrons. The normalized spacial score (nSPS) is 22.5. The highest BCUT2D eigenvalue weighted by Crippen LogP contribution is 2.49. The van der Waals surface area contributed by atoms with Gasteiger partial charge in [0.25, 0.3) is 0 Å². The third kappa shape index (κ3) is 31.7. The summed E-state index contributed by atoms with van der Waals surface area (Å²) in [4.78, 5) is 54.3. The van der Waals surface area contributed by atoms with Crippen LogP contribution in [0.3, 0.4) is 0 Å². The molecule has 0 radical (unpaired) electrons. The molecule has 0 saturated heterocycles. The van der Waals surface area contributed by atoms with Gasteiger partial charge in [-0.25, -0.2) is 9.13 Å². The zero-order valence-electron chi connectivity index (χ0n) is 39.2. The molecular weight excluding hydrogens is 898 g/mol. The Kier molecular flexibility index (Phi) is 35.1. The van der Waals surface area contributed by atoms with E-state index in [0.29, 0.717) is 6.42 Å². The first-order chi connectivity index (χ1) is 31.5. The summed E-state index contributed by atoms with van der Waals surface area (Å²) in [5.41, 5.74) is 0. The molecule has 19 heteroatoms. The maximum absolute atomic E-state index is 13.0. The second-order valence-corrected chi connectivity index (χ2v) is 19.2. The number of allylic oxidation sites excluding steroid dienone is 9. The summed E-state index contributed by atoms with van der Waals surface area (Å²) in [6.07, 6.45) is 24.9. The van der Waals surface area contributed by atoms with Gasteiger partial charge in [0, 0.05) is 12.8 Å². The standard InChI is InChI=1S/C47H82O17P2/c1-3-5-7-9-11-13-15-17-18-20-22-24-26-28-30-34-41(50)62-39(37-61-66(58,59)64-47-44(53)42(51)43(52)46(45(47)54)63-65(55,56)57)36-60-40(49)35-31-33-38(48)32-29-27-25-23-21-19-16-14-12-10-8-6-4-2/h5,7,12,14,19,21,25,27,29,32,38-39,42-48,51-54H,3-4,6,8-11,13,15-18,20,22-24,26,28,30-31,33-37H2,1-2H3,(H,58,59)(H2,55,56,57)/b7-5-,14-12-,21-19-,27-25-,32-29+/t38-,39-,42?,43?,44?,45?,46-,47+/m1/s1. The topological polar surface area (TPSA) is 276 Å². The van der Waals surface area contributed by atoms with Gasteiger partial charge in [0.15, 0.2) is 6.10 Å². The number of ether oxygens (including phenoxy) is 2. The zero-order chi connectivity index (χ0) is 49.1. The van der Waals surface area contributed by atoms with Crippen LogP contribution in [-0.4, -0.2) is 114 Å². The molecule has 66 heavy (non-hydrogen) atoms. The molecule has 0 amide bonds. The molecular formula is C47H82O17P2. The van der Waals surface area contributed by atoms with Gasteiger partial charge < -0.3 is 49.7 Å². The van der Waals surface area contributed by atoms with E-state index in [1.807, 2.05) is 12.2 Å². The van der Waals surface area contributed by atoms with Gasteiger partial charge in [-0.1, -0.05) is 145 Å². The van der Waals surface area contributed by atoms with Crippen LogP contribution in [0.4, 0.5) is 0 Å². The molecule has 1 rings (SSSR count). The van der Waals surface area contributed by atoms with Crippen molar-refractivity contribution in [3.8, 4) is 0 Å². The van der Waals surface area contributed by atoms with Crippen molar-refractivity contribution >= 4 is 27.6 Å². The number of phosphoric acid groups is 2. The van der Waals surface area contributed by atoms with Gasteiger partial charge in [0.05, 0.1) is 12.7 Å². The smallest absolute Gasteiger partial charge is 0.462 e. The molecule has 0 spiro atoms. The number of phosphoric ester groups is 2. The Bertz CT molecular complexity index is 1530.